The molecule has 2 N–H and O–H groups in total. The van der Waals surface area contributed by atoms with E-state index in [0.717, 1.165) is 22.4 Å². The van der Waals surface area contributed by atoms with Gasteiger partial charge in [-0.1, -0.05) is 18.2 Å². The number of hydrogen-bond acceptors (Lipinski definition) is 3. The molecule has 0 amide bonds. The average Bonchev–Trinajstić information content (AvgIpc) is 2.76. The maximum atomic E-state index is 6.09. The molecule has 1 aromatic heterocycles. The largest absolute Gasteiger partial charge is 0.494 e. The lowest BCUT2D eigenvalue weighted by Gasteiger charge is -2.11. The zero-order chi connectivity index (χ0) is 12.8. The van der Waals surface area contributed by atoms with E-state index >= 15 is 0 Å². The first kappa shape index (κ1) is 13.6. The molecule has 0 saturated heterocycles. The Balaban J connectivity index is 1.70. The van der Waals surface area contributed by atoms with Crippen LogP contribution in [0.2, 0.25) is 0 Å². The highest BCUT2D eigenvalue weighted by molar-refractivity contribution is 9.11. The second kappa shape index (κ2) is 6.92. The summed E-state index contributed by atoms with van der Waals surface area (Å²) in [5.74, 6) is 0.906. The van der Waals surface area contributed by atoms with Gasteiger partial charge in [0.1, 0.15) is 5.75 Å². The van der Waals surface area contributed by atoms with Gasteiger partial charge in [0.2, 0.25) is 0 Å². The highest BCUT2D eigenvalue weighted by atomic mass is 79.9. The van der Waals surface area contributed by atoms with Gasteiger partial charge >= 0.3 is 0 Å². The van der Waals surface area contributed by atoms with Crippen molar-refractivity contribution < 1.29 is 4.74 Å². The van der Waals surface area contributed by atoms with Crippen LogP contribution in [-0.2, 0) is 6.42 Å². The van der Waals surface area contributed by atoms with Crippen LogP contribution in [0.25, 0.3) is 0 Å². The Labute approximate surface area is 120 Å². The van der Waals surface area contributed by atoms with Crippen molar-refractivity contribution in [3.8, 4) is 5.75 Å². The summed E-state index contributed by atoms with van der Waals surface area (Å²) in [6.07, 6.45) is 1.78. The molecule has 0 fully saturated rings. The first-order valence-electron chi connectivity index (χ1n) is 5.91. The summed E-state index contributed by atoms with van der Waals surface area (Å²) in [7, 11) is 0. The summed E-state index contributed by atoms with van der Waals surface area (Å²) in [6.45, 7) is 0.664. The Hall–Kier alpha value is -0.840. The molecule has 0 aliphatic carbocycles. The van der Waals surface area contributed by atoms with E-state index in [1.807, 2.05) is 30.3 Å². The molecule has 4 heteroatoms. The zero-order valence-electron chi connectivity index (χ0n) is 10.0. The van der Waals surface area contributed by atoms with Gasteiger partial charge in [0, 0.05) is 10.9 Å². The zero-order valence-corrected chi connectivity index (χ0v) is 12.4. The summed E-state index contributed by atoms with van der Waals surface area (Å²) in [5.41, 5.74) is 6.09. The number of hydrogen-bond donors (Lipinski definition) is 1. The number of benzene rings is 1. The van der Waals surface area contributed by atoms with E-state index in [-0.39, 0.29) is 6.04 Å². The van der Waals surface area contributed by atoms with E-state index in [2.05, 4.69) is 28.1 Å². The van der Waals surface area contributed by atoms with Gasteiger partial charge in [0.05, 0.1) is 10.4 Å². The molecule has 1 heterocycles. The lowest BCUT2D eigenvalue weighted by atomic mass is 10.1. The third kappa shape index (κ3) is 4.44. The maximum Gasteiger partial charge on any atom is 0.119 e. The van der Waals surface area contributed by atoms with E-state index in [0.29, 0.717) is 6.61 Å². The third-order valence-electron chi connectivity index (χ3n) is 2.59. The number of rotatable bonds is 6. The van der Waals surface area contributed by atoms with Crippen LogP contribution in [0.5, 0.6) is 5.75 Å². The lowest BCUT2D eigenvalue weighted by molar-refractivity contribution is 0.297. The molecule has 0 aliphatic heterocycles. The van der Waals surface area contributed by atoms with E-state index in [9.17, 15) is 0 Å². The quantitative estimate of drug-likeness (QED) is 0.875. The van der Waals surface area contributed by atoms with E-state index in [4.69, 9.17) is 10.5 Å². The number of thiophene rings is 1. The number of para-hydroxylation sites is 1. The summed E-state index contributed by atoms with van der Waals surface area (Å²) in [5, 5.41) is 0. The molecular weight excluding hydrogens is 310 g/mol. The van der Waals surface area contributed by atoms with Crippen LogP contribution in [0.4, 0.5) is 0 Å². The molecule has 1 atom stereocenters. The Morgan fingerprint density at radius 1 is 1.17 bits per heavy atom. The fourth-order valence-corrected chi connectivity index (χ4v) is 3.24. The molecule has 1 aromatic carbocycles. The summed E-state index contributed by atoms with van der Waals surface area (Å²) >= 11 is 5.20. The predicted molar refractivity (Wildman–Crippen MR) is 80.3 cm³/mol. The van der Waals surface area contributed by atoms with Crippen molar-refractivity contribution in [1.82, 2.24) is 0 Å². The molecule has 0 spiro atoms. The van der Waals surface area contributed by atoms with Crippen molar-refractivity contribution in [2.45, 2.75) is 18.9 Å². The standard InChI is InChI=1S/C14H16BrNOS/c15-14-7-6-13(18-14)10-11(16)8-9-17-12-4-2-1-3-5-12/h1-7,11H,8-10,16H2. The van der Waals surface area contributed by atoms with Crippen molar-refractivity contribution in [3.05, 3.63) is 51.1 Å². The van der Waals surface area contributed by atoms with Crippen molar-refractivity contribution in [2.75, 3.05) is 6.61 Å². The molecule has 18 heavy (non-hydrogen) atoms. The van der Waals surface area contributed by atoms with E-state index in [1.165, 1.54) is 4.88 Å². The van der Waals surface area contributed by atoms with Crippen LogP contribution < -0.4 is 10.5 Å². The SMILES string of the molecule is NC(CCOc1ccccc1)Cc1ccc(Br)s1. The van der Waals surface area contributed by atoms with Crippen LogP contribution in [0, 0.1) is 0 Å². The number of halogens is 1. The summed E-state index contributed by atoms with van der Waals surface area (Å²) < 4.78 is 6.79. The minimum atomic E-state index is 0.152. The lowest BCUT2D eigenvalue weighted by Crippen LogP contribution is -2.24. The van der Waals surface area contributed by atoms with E-state index < -0.39 is 0 Å². The monoisotopic (exact) mass is 325 g/mol. The molecule has 0 radical (unpaired) electrons. The second-order valence-corrected chi connectivity index (χ2v) is 6.67. The predicted octanol–water partition coefficient (Wildman–Crippen LogP) is 3.85. The highest BCUT2D eigenvalue weighted by Crippen LogP contribution is 2.23. The van der Waals surface area contributed by atoms with Crippen molar-refractivity contribution in [2.24, 2.45) is 5.73 Å². The smallest absolute Gasteiger partial charge is 0.119 e. The molecule has 2 aromatic rings. The van der Waals surface area contributed by atoms with Gasteiger partial charge in [-0.25, -0.2) is 0 Å². The molecule has 2 nitrogen and oxygen atoms in total. The highest BCUT2D eigenvalue weighted by Gasteiger charge is 2.06. The number of ether oxygens (including phenoxy) is 1. The summed E-state index contributed by atoms with van der Waals surface area (Å²) in [6, 6.07) is 14.2. The summed E-state index contributed by atoms with van der Waals surface area (Å²) in [4.78, 5) is 1.31. The van der Waals surface area contributed by atoms with Crippen molar-refractivity contribution >= 4 is 27.3 Å². The van der Waals surface area contributed by atoms with Crippen LogP contribution >= 0.6 is 27.3 Å². The molecule has 0 saturated carbocycles. The molecule has 1 unspecified atom stereocenters. The van der Waals surface area contributed by atoms with Gasteiger partial charge in [0.15, 0.2) is 0 Å². The first-order chi connectivity index (χ1) is 8.74. The van der Waals surface area contributed by atoms with E-state index in [1.54, 1.807) is 11.3 Å². The van der Waals surface area contributed by atoms with Crippen LogP contribution in [0.3, 0.4) is 0 Å². The Kier molecular flexibility index (Phi) is 5.23. The first-order valence-corrected chi connectivity index (χ1v) is 7.52. The van der Waals surface area contributed by atoms with Crippen molar-refractivity contribution in [3.63, 3.8) is 0 Å². The molecular formula is C14H16BrNOS. The Morgan fingerprint density at radius 2 is 1.94 bits per heavy atom. The number of nitrogens with two attached hydrogens (primary N) is 1. The van der Waals surface area contributed by atoms with Gasteiger partial charge in [-0.3, -0.25) is 0 Å². The van der Waals surface area contributed by atoms with Gasteiger partial charge in [-0.15, -0.1) is 11.3 Å². The van der Waals surface area contributed by atoms with Crippen LogP contribution in [0.15, 0.2) is 46.3 Å². The molecule has 0 bridgehead atoms. The van der Waals surface area contributed by atoms with Gasteiger partial charge in [0.25, 0.3) is 0 Å². The maximum absolute atomic E-state index is 6.09. The second-order valence-electron chi connectivity index (χ2n) is 4.12. The topological polar surface area (TPSA) is 35.2 Å². The molecule has 2 rings (SSSR count). The minimum Gasteiger partial charge on any atom is -0.494 e. The van der Waals surface area contributed by atoms with Crippen LogP contribution in [0.1, 0.15) is 11.3 Å². The normalized spacial score (nSPS) is 12.3. The fourth-order valence-electron chi connectivity index (χ4n) is 1.67. The fraction of sp³-hybridized carbons (Fsp3) is 0.286. The molecule has 0 aliphatic rings. The average molecular weight is 326 g/mol. The molecule has 96 valence electrons. The minimum absolute atomic E-state index is 0.152. The Morgan fingerprint density at radius 3 is 2.61 bits per heavy atom. The van der Waals surface area contributed by atoms with Gasteiger partial charge in [-0.05, 0) is 53.0 Å². The Bertz CT molecular complexity index is 472. The van der Waals surface area contributed by atoms with Crippen LogP contribution in [-0.4, -0.2) is 12.6 Å². The van der Waals surface area contributed by atoms with Gasteiger partial charge in [-0.2, -0.15) is 0 Å². The van der Waals surface area contributed by atoms with Crippen molar-refractivity contribution in [1.29, 1.82) is 0 Å². The third-order valence-corrected chi connectivity index (χ3v) is 4.24. The van der Waals surface area contributed by atoms with Gasteiger partial charge < -0.3 is 10.5 Å².